The van der Waals surface area contributed by atoms with Crippen molar-refractivity contribution >= 4 is 46.2 Å². The van der Waals surface area contributed by atoms with Crippen LogP contribution >= 0.6 is 0 Å². The highest BCUT2D eigenvalue weighted by atomic mass is 16.7. The maximum atomic E-state index is 14.7. The van der Waals surface area contributed by atoms with E-state index in [1.165, 1.54) is 52.4 Å². The topological polar surface area (TPSA) is 229 Å². The molecule has 3 heterocycles. The number of allylic oxidation sites excluding steroid dienone is 2. The summed E-state index contributed by atoms with van der Waals surface area (Å²) >= 11 is 0. The molecule has 0 spiro atoms. The zero-order valence-electron chi connectivity index (χ0n) is 35.1. The van der Waals surface area contributed by atoms with Crippen LogP contribution in [0.15, 0.2) is 46.3 Å². The summed E-state index contributed by atoms with van der Waals surface area (Å²) in [5, 5.41) is 70.7. The van der Waals surface area contributed by atoms with Gasteiger partial charge in [0, 0.05) is 74.2 Å². The predicted octanol–water partition coefficient (Wildman–Crippen LogP) is 5.08. The van der Waals surface area contributed by atoms with Gasteiger partial charge in [-0.05, 0) is 40.2 Å². The van der Waals surface area contributed by atoms with Crippen LogP contribution < -0.4 is 10.1 Å². The number of Topliss-reactive ketones (excluding diaryl/α,β-unsaturated/α-hetero) is 1. The second kappa shape index (κ2) is 17.8. The van der Waals surface area contributed by atoms with Gasteiger partial charge < -0.3 is 54.7 Å². The maximum Gasteiger partial charge on any atom is 0.312 e. The number of hydrogen-bond acceptors (Lipinski definition) is 14. The molecule has 0 saturated heterocycles. The van der Waals surface area contributed by atoms with Crippen molar-refractivity contribution in [3.8, 4) is 23.0 Å². The van der Waals surface area contributed by atoms with Gasteiger partial charge in [0.05, 0.1) is 53.0 Å². The molecule has 0 fully saturated rings. The van der Waals surface area contributed by atoms with Crippen LogP contribution in [0.25, 0.3) is 10.8 Å². The molecule has 5 rings (SSSR count). The van der Waals surface area contributed by atoms with Gasteiger partial charge in [-0.15, -0.1) is 5.10 Å². The van der Waals surface area contributed by atoms with Crippen LogP contribution in [0.1, 0.15) is 83.8 Å². The van der Waals surface area contributed by atoms with Crippen molar-refractivity contribution in [2.75, 3.05) is 25.5 Å². The molecule has 0 saturated carbocycles. The summed E-state index contributed by atoms with van der Waals surface area (Å²) in [6.45, 7) is 16.1. The fraction of sp³-hybridized carbons (Fsp3) is 0.512. The fourth-order valence-electron chi connectivity index (χ4n) is 8.19. The van der Waals surface area contributed by atoms with E-state index in [1.54, 1.807) is 33.8 Å². The normalized spacial score (nSPS) is 30.9. The lowest BCUT2D eigenvalue weighted by Crippen LogP contribution is -2.47. The zero-order valence-corrected chi connectivity index (χ0v) is 35.1. The lowest BCUT2D eigenvalue weighted by Gasteiger charge is -2.38. The summed E-state index contributed by atoms with van der Waals surface area (Å²) in [5.41, 5.74) is -0.691. The molecule has 6 N–H and O–H groups in total. The molecule has 59 heavy (non-hydrogen) atoms. The van der Waals surface area contributed by atoms with Crippen LogP contribution in [-0.2, 0) is 30.2 Å². The molecule has 0 radical (unpaired) electrons. The van der Waals surface area contributed by atoms with E-state index in [4.69, 9.17) is 18.9 Å². The Balaban J connectivity index is 1.86. The van der Waals surface area contributed by atoms with Gasteiger partial charge in [0.1, 0.15) is 29.2 Å². The van der Waals surface area contributed by atoms with Crippen LogP contribution in [0.2, 0.25) is 0 Å². The molecule has 320 valence electrons. The number of nitrogens with one attached hydrogen (secondary N) is 1. The molecule has 9 atom stereocenters. The highest BCUT2D eigenvalue weighted by Gasteiger charge is 2.51. The first kappa shape index (κ1) is 44.6. The van der Waals surface area contributed by atoms with Crippen molar-refractivity contribution in [1.82, 2.24) is 4.90 Å². The van der Waals surface area contributed by atoms with Crippen LogP contribution in [0, 0.1) is 23.7 Å². The van der Waals surface area contributed by atoms with E-state index in [0.29, 0.717) is 18.9 Å². The minimum atomic E-state index is -2.11. The Morgan fingerprint density at radius 3 is 2.31 bits per heavy atom. The van der Waals surface area contributed by atoms with E-state index >= 15 is 0 Å². The number of esters is 1. The molecule has 2 aromatic rings. The molecule has 0 aromatic heterocycles. The highest BCUT2D eigenvalue weighted by molar-refractivity contribution is 6.24. The molecule has 16 heteroatoms. The van der Waals surface area contributed by atoms with Crippen LogP contribution in [0.3, 0.4) is 0 Å². The van der Waals surface area contributed by atoms with Crippen LogP contribution in [-0.4, -0.2) is 111 Å². The van der Waals surface area contributed by atoms with Gasteiger partial charge in [-0.1, -0.05) is 39.0 Å². The number of ether oxygens (including phenoxy) is 4. The number of nitrogens with zero attached hydrogens (tertiary/aromatic N) is 3. The zero-order chi connectivity index (χ0) is 43.7. The number of hydrogen-bond donors (Lipinski definition) is 6. The highest BCUT2D eigenvalue weighted by Crippen LogP contribution is 2.56. The minimum absolute atomic E-state index is 0.0401. The standard InChI is InChI=1S/C43H56N4O12/c1-11-47(12-2)24(7)46-44-19-28-33-38(53)31-30(37(28)52)32-40-27(36(31)51)18-26(15-13-14-20(3)42(55)45-33)35(50)22(5)34(49)23(6)39(58-25(8)48)21(4)29(56-10)16-17-57-43(9,59-40)41(32)54/h13-17,19,21-23,26,29,34-35,39,49-53H,11-12,18H2,1-10H3,(H,45,55)/b15-13+,17-16+,20-14+,44-19+,46-24-/t21-,22+,23-,26-,29+,34-,35-,39-,43+/m1/s1. The maximum absolute atomic E-state index is 14.7. The number of amidine groups is 1. The lowest BCUT2D eigenvalue weighted by molar-refractivity contribution is -0.160. The van der Waals surface area contributed by atoms with Crippen molar-refractivity contribution < 1.29 is 58.9 Å². The minimum Gasteiger partial charge on any atom is -0.507 e. The van der Waals surface area contributed by atoms with Crippen molar-refractivity contribution in [2.24, 2.45) is 33.9 Å². The largest absolute Gasteiger partial charge is 0.507 e. The number of aliphatic hydroxyl groups excluding tert-OH is 2. The molecule has 0 aliphatic carbocycles. The summed E-state index contributed by atoms with van der Waals surface area (Å²) in [7, 11) is 1.43. The number of methoxy groups -OCH3 is 1. The second-order valence-electron chi connectivity index (χ2n) is 15.5. The third-order valence-corrected chi connectivity index (χ3v) is 11.8. The van der Waals surface area contributed by atoms with E-state index in [2.05, 4.69) is 15.5 Å². The smallest absolute Gasteiger partial charge is 0.312 e. The van der Waals surface area contributed by atoms with Crippen LogP contribution in [0.5, 0.6) is 23.0 Å². The van der Waals surface area contributed by atoms with E-state index in [9.17, 15) is 39.9 Å². The molecule has 0 unspecified atom stereocenters. The number of phenolic OH excluding ortho intramolecular Hbond substituents is 3. The molecule has 3 aliphatic rings. The molecule has 1 amide bonds. The molecular weight excluding hydrogens is 764 g/mol. The first-order chi connectivity index (χ1) is 27.8. The summed E-state index contributed by atoms with van der Waals surface area (Å²) in [4.78, 5) is 42.7. The Morgan fingerprint density at radius 1 is 1.00 bits per heavy atom. The molecule has 6 bridgehead atoms. The van der Waals surface area contributed by atoms with E-state index in [1.807, 2.05) is 18.7 Å². The SMILES string of the molecule is CCN(CC)/C(C)=N\N=C\c1c2c(O)c3c(O)c4c5c(c3c1O)C(=O)[C@@](C)(O/C=C/[C@H](OC)[C@@H](C)[C@@H](OC(C)=O)[C@H](C)[C@H](O)[C@H](C)[C@@H](O)[C@H](/C=C/C=C(\C)C(=O)N2)C4)O5. The molecule has 2 aromatic carbocycles. The average molecular weight is 821 g/mol. The van der Waals surface area contributed by atoms with Gasteiger partial charge in [-0.25, -0.2) is 0 Å². The van der Waals surface area contributed by atoms with E-state index < -0.39 is 94.2 Å². The number of ketones is 1. The third kappa shape index (κ3) is 8.38. The van der Waals surface area contributed by atoms with Gasteiger partial charge >= 0.3 is 11.8 Å². The summed E-state index contributed by atoms with van der Waals surface area (Å²) in [5.74, 6) is -8.97. The number of carbonyl (C=O) groups excluding carboxylic acids is 3. The molecular formula is C43H56N4O12. The Bertz CT molecular complexity index is 2140. The number of benzene rings is 2. The fourth-order valence-corrected chi connectivity index (χ4v) is 8.19. The van der Waals surface area contributed by atoms with Gasteiger partial charge in [0.25, 0.3) is 11.7 Å². The third-order valence-electron chi connectivity index (χ3n) is 11.8. The Hall–Kier alpha value is -5.45. The number of rotatable bonds is 6. The molecule has 16 nitrogen and oxygen atoms in total. The number of amides is 1. The van der Waals surface area contributed by atoms with Crippen molar-refractivity contribution in [3.05, 3.63) is 52.8 Å². The number of anilines is 1. The van der Waals surface area contributed by atoms with E-state index in [0.717, 1.165) is 6.21 Å². The quantitative estimate of drug-likeness (QED) is 0.0559. The van der Waals surface area contributed by atoms with E-state index in [-0.39, 0.29) is 45.5 Å². The van der Waals surface area contributed by atoms with Gasteiger partial charge in [-0.2, -0.15) is 5.10 Å². The lowest BCUT2D eigenvalue weighted by atomic mass is 9.76. The number of fused-ring (bicyclic) bond motifs is 4. The Morgan fingerprint density at radius 2 is 1.68 bits per heavy atom. The Kier molecular flexibility index (Phi) is 13.5. The summed E-state index contributed by atoms with van der Waals surface area (Å²) in [6, 6.07) is 0. The monoisotopic (exact) mass is 820 g/mol. The van der Waals surface area contributed by atoms with Crippen molar-refractivity contribution in [3.63, 3.8) is 0 Å². The van der Waals surface area contributed by atoms with Crippen molar-refractivity contribution in [1.29, 1.82) is 0 Å². The van der Waals surface area contributed by atoms with Crippen molar-refractivity contribution in [2.45, 2.75) is 98.9 Å². The first-order valence-corrected chi connectivity index (χ1v) is 19.8. The number of phenols is 3. The van der Waals surface area contributed by atoms with Gasteiger partial charge in [0.2, 0.25) is 0 Å². The number of carbonyl (C=O) groups is 3. The van der Waals surface area contributed by atoms with Gasteiger partial charge in [-0.3, -0.25) is 14.4 Å². The summed E-state index contributed by atoms with van der Waals surface area (Å²) < 4.78 is 23.8. The Labute approximate surface area is 343 Å². The second-order valence-corrected chi connectivity index (χ2v) is 15.5. The number of aliphatic hydroxyl groups is 2. The predicted molar refractivity (Wildman–Crippen MR) is 221 cm³/mol. The number of aromatic hydroxyl groups is 3. The molecule has 3 aliphatic heterocycles. The van der Waals surface area contributed by atoms with Gasteiger partial charge in [0.15, 0.2) is 5.75 Å². The average Bonchev–Trinajstić information content (AvgIpc) is 3.45. The summed E-state index contributed by atoms with van der Waals surface area (Å²) in [6.07, 6.45) is 3.86. The first-order valence-electron chi connectivity index (χ1n) is 19.8. The van der Waals surface area contributed by atoms with Crippen LogP contribution in [0.4, 0.5) is 5.69 Å².